The number of aromatic nitrogens is 2. The summed E-state index contributed by atoms with van der Waals surface area (Å²) >= 11 is 0. The van der Waals surface area contributed by atoms with Gasteiger partial charge >= 0.3 is 0 Å². The molecule has 4 rings (SSSR count). The predicted molar refractivity (Wildman–Crippen MR) is 117 cm³/mol. The predicted octanol–water partition coefficient (Wildman–Crippen LogP) is 3.65. The third-order valence-corrected chi connectivity index (χ3v) is 7.68. The molecule has 2 aromatic carbocycles. The molecule has 2 heterocycles. The molecule has 0 bridgehead atoms. The van der Waals surface area contributed by atoms with Crippen LogP contribution in [0.5, 0.6) is 0 Å². The summed E-state index contributed by atoms with van der Waals surface area (Å²) in [6.07, 6.45) is 2.22. The fourth-order valence-corrected chi connectivity index (χ4v) is 5.08. The lowest BCUT2D eigenvalue weighted by molar-refractivity contribution is 0.521. The molecular weight excluding hydrogens is 384 g/mol. The summed E-state index contributed by atoms with van der Waals surface area (Å²) in [7, 11) is -0.388. The maximum absolute atomic E-state index is 12.5. The first-order chi connectivity index (χ1) is 13.8. The largest absolute Gasteiger partial charge is 0.361 e. The molecule has 0 radical (unpaired) electrons. The van der Waals surface area contributed by atoms with Gasteiger partial charge in [-0.15, -0.1) is 0 Å². The van der Waals surface area contributed by atoms with E-state index in [1.54, 1.807) is 26.2 Å². The van der Waals surface area contributed by atoms with Gasteiger partial charge in [0.05, 0.1) is 22.5 Å². The topological polar surface area (TPSA) is 58.4 Å². The minimum atomic E-state index is -3.48. The first-order valence-corrected chi connectivity index (χ1v) is 11.5. The van der Waals surface area contributed by atoms with Crippen molar-refractivity contribution >= 4 is 26.7 Å². The molecule has 1 aliphatic heterocycles. The average Bonchev–Trinajstić information content (AvgIpc) is 3.06. The van der Waals surface area contributed by atoms with E-state index < -0.39 is 10.0 Å². The van der Waals surface area contributed by atoms with Gasteiger partial charge in [0.1, 0.15) is 5.82 Å². The normalized spacial score (nSPS) is 17.1. The molecule has 0 amide bonds. The van der Waals surface area contributed by atoms with Crippen LogP contribution in [0.25, 0.3) is 11.0 Å². The highest BCUT2D eigenvalue weighted by Gasteiger charge is 2.25. The van der Waals surface area contributed by atoms with Crippen molar-refractivity contribution in [2.45, 2.75) is 50.7 Å². The molecule has 1 aromatic heterocycles. The number of hydrogen-bond donors (Lipinski definition) is 0. The van der Waals surface area contributed by atoms with Gasteiger partial charge in [0.15, 0.2) is 0 Å². The van der Waals surface area contributed by atoms with Crippen LogP contribution in [0.3, 0.4) is 0 Å². The molecule has 3 aromatic rings. The lowest BCUT2D eigenvalue weighted by Crippen LogP contribution is -2.37. The highest BCUT2D eigenvalue weighted by Crippen LogP contribution is 2.32. The maximum atomic E-state index is 12.5. The molecule has 0 spiro atoms. The van der Waals surface area contributed by atoms with Gasteiger partial charge in [-0.25, -0.2) is 17.7 Å². The number of anilines is 1. The molecule has 0 unspecified atom stereocenters. The molecule has 6 nitrogen and oxygen atoms in total. The zero-order valence-corrected chi connectivity index (χ0v) is 18.3. The molecule has 0 saturated heterocycles. The third kappa shape index (κ3) is 3.42. The van der Waals surface area contributed by atoms with Crippen molar-refractivity contribution in [1.29, 1.82) is 0 Å². The summed E-state index contributed by atoms with van der Waals surface area (Å²) < 4.78 is 28.5. The van der Waals surface area contributed by atoms with Crippen LogP contribution in [0.1, 0.15) is 31.7 Å². The Morgan fingerprint density at radius 3 is 2.66 bits per heavy atom. The lowest BCUT2D eigenvalue weighted by Gasteiger charge is -2.37. The zero-order chi connectivity index (χ0) is 20.8. The highest BCUT2D eigenvalue weighted by molar-refractivity contribution is 7.89. The van der Waals surface area contributed by atoms with Gasteiger partial charge in [0.25, 0.3) is 0 Å². The van der Waals surface area contributed by atoms with Crippen molar-refractivity contribution in [2.75, 3.05) is 19.0 Å². The Morgan fingerprint density at radius 1 is 1.17 bits per heavy atom. The third-order valence-electron chi connectivity index (χ3n) is 5.87. The number of sulfonamides is 1. The molecule has 29 heavy (non-hydrogen) atoms. The summed E-state index contributed by atoms with van der Waals surface area (Å²) in [5.74, 6) is 0.963. The summed E-state index contributed by atoms with van der Waals surface area (Å²) in [6.45, 7) is 5.85. The maximum Gasteiger partial charge on any atom is 0.242 e. The Balaban J connectivity index is 1.77. The lowest BCUT2D eigenvalue weighted by atomic mass is 9.96. The standard InChI is InChI=1S/C22H28N4O2S/c1-5-25-21-13-12-18(29(27,28)24(3)4)14-19(21)23-22(25)15-26-16(2)10-11-17-8-6-7-9-20(17)26/h6-9,12-14,16H,5,10-11,15H2,1-4H3/t16-/m0/s1. The van der Waals surface area contributed by atoms with Gasteiger partial charge in [0.2, 0.25) is 10.0 Å². The van der Waals surface area contributed by atoms with Crippen LogP contribution in [0, 0.1) is 0 Å². The number of fused-ring (bicyclic) bond motifs is 2. The Hall–Kier alpha value is -2.38. The minimum absolute atomic E-state index is 0.277. The smallest absolute Gasteiger partial charge is 0.242 e. The van der Waals surface area contributed by atoms with Gasteiger partial charge in [-0.1, -0.05) is 18.2 Å². The van der Waals surface area contributed by atoms with E-state index in [-0.39, 0.29) is 4.90 Å². The van der Waals surface area contributed by atoms with Crippen LogP contribution in [-0.2, 0) is 29.5 Å². The van der Waals surface area contributed by atoms with E-state index >= 15 is 0 Å². The second-order valence-electron chi connectivity index (χ2n) is 7.85. The summed E-state index contributed by atoms with van der Waals surface area (Å²) in [6, 6.07) is 14.2. The molecule has 0 fully saturated rings. The van der Waals surface area contributed by atoms with Crippen LogP contribution in [-0.4, -0.2) is 42.4 Å². The van der Waals surface area contributed by atoms with Gasteiger partial charge in [-0.2, -0.15) is 0 Å². The van der Waals surface area contributed by atoms with E-state index in [1.807, 2.05) is 6.07 Å². The quantitative estimate of drug-likeness (QED) is 0.642. The van der Waals surface area contributed by atoms with E-state index in [0.717, 1.165) is 36.2 Å². The molecule has 0 aliphatic carbocycles. The van der Waals surface area contributed by atoms with E-state index in [9.17, 15) is 8.42 Å². The molecule has 7 heteroatoms. The van der Waals surface area contributed by atoms with Crippen LogP contribution >= 0.6 is 0 Å². The van der Waals surface area contributed by atoms with Crippen LogP contribution in [0.15, 0.2) is 47.4 Å². The number of benzene rings is 2. The summed E-state index contributed by atoms with van der Waals surface area (Å²) in [5.41, 5.74) is 4.35. The van der Waals surface area contributed by atoms with Crippen LogP contribution in [0.4, 0.5) is 5.69 Å². The Labute approximate surface area is 172 Å². The highest BCUT2D eigenvalue weighted by atomic mass is 32.2. The number of para-hydroxylation sites is 1. The van der Waals surface area contributed by atoms with Crippen molar-refractivity contribution in [1.82, 2.24) is 13.9 Å². The second-order valence-corrected chi connectivity index (χ2v) is 10.0. The van der Waals surface area contributed by atoms with Crippen LogP contribution < -0.4 is 4.90 Å². The fraction of sp³-hybridized carbons (Fsp3) is 0.409. The molecule has 0 saturated carbocycles. The van der Waals surface area contributed by atoms with E-state index in [1.165, 1.54) is 15.6 Å². The number of hydrogen-bond acceptors (Lipinski definition) is 4. The zero-order valence-electron chi connectivity index (χ0n) is 17.5. The molecule has 1 atom stereocenters. The summed E-state index contributed by atoms with van der Waals surface area (Å²) in [5, 5.41) is 0. The first-order valence-electron chi connectivity index (χ1n) is 10.1. The van der Waals surface area contributed by atoms with Crippen molar-refractivity contribution < 1.29 is 8.42 Å². The van der Waals surface area contributed by atoms with E-state index in [2.05, 4.69) is 47.6 Å². The Kier molecular flexibility index (Phi) is 5.12. The Morgan fingerprint density at radius 2 is 1.93 bits per heavy atom. The van der Waals surface area contributed by atoms with Gasteiger partial charge < -0.3 is 9.47 Å². The van der Waals surface area contributed by atoms with Crippen molar-refractivity contribution in [2.24, 2.45) is 0 Å². The number of aryl methyl sites for hydroxylation is 2. The molecular formula is C22H28N4O2S. The van der Waals surface area contributed by atoms with Gasteiger partial charge in [-0.3, -0.25) is 0 Å². The molecule has 154 valence electrons. The average molecular weight is 413 g/mol. The van der Waals surface area contributed by atoms with Crippen molar-refractivity contribution in [3.63, 3.8) is 0 Å². The molecule has 1 aliphatic rings. The number of imidazole rings is 1. The van der Waals surface area contributed by atoms with Gasteiger partial charge in [0, 0.05) is 32.4 Å². The first kappa shape index (κ1) is 19.9. The van der Waals surface area contributed by atoms with Crippen molar-refractivity contribution in [3.8, 4) is 0 Å². The fourth-order valence-electron chi connectivity index (χ4n) is 4.16. The van der Waals surface area contributed by atoms with Gasteiger partial charge in [-0.05, 0) is 56.5 Å². The Bertz CT molecular complexity index is 1150. The molecule has 0 N–H and O–H groups in total. The van der Waals surface area contributed by atoms with E-state index in [4.69, 9.17) is 4.98 Å². The number of rotatable bonds is 5. The van der Waals surface area contributed by atoms with Crippen LogP contribution in [0.2, 0.25) is 0 Å². The SMILES string of the molecule is CCn1c(CN2c3ccccc3CC[C@@H]2C)nc2cc(S(=O)(=O)N(C)C)ccc21. The minimum Gasteiger partial charge on any atom is -0.361 e. The van der Waals surface area contributed by atoms with Crippen molar-refractivity contribution in [3.05, 3.63) is 53.9 Å². The van der Waals surface area contributed by atoms with E-state index in [0.29, 0.717) is 12.6 Å². The summed E-state index contributed by atoms with van der Waals surface area (Å²) in [4.78, 5) is 7.55. The number of nitrogens with zero attached hydrogens (tertiary/aromatic N) is 4. The second kappa shape index (κ2) is 7.46. The monoisotopic (exact) mass is 412 g/mol.